The average Bonchev–Trinajstić information content (AvgIpc) is 3.41. The molecule has 6 N–H and O–H groups in total. The maximum atomic E-state index is 12.6. The third-order valence-electron chi connectivity index (χ3n) is 7.03. The Morgan fingerprint density at radius 2 is 1.30 bits per heavy atom. The molecular weight excluding hydrogens is 570 g/mol. The van der Waals surface area contributed by atoms with E-state index in [9.17, 15) is 39.6 Å². The van der Waals surface area contributed by atoms with Gasteiger partial charge < -0.3 is 30.1 Å². The van der Waals surface area contributed by atoms with E-state index in [-0.39, 0.29) is 45.1 Å². The van der Waals surface area contributed by atoms with Crippen molar-refractivity contribution in [2.45, 2.75) is 13.8 Å². The predicted octanol–water partition coefficient (Wildman–Crippen LogP) is 4.87. The number of hydrogen-bond acceptors (Lipinski definition) is 10. The Bertz CT molecular complexity index is 1940. The highest BCUT2D eigenvalue weighted by Crippen LogP contribution is 2.45. The molecule has 6 rings (SSSR count). The molecule has 0 unspecified atom stereocenters. The third-order valence-corrected chi connectivity index (χ3v) is 7.03. The van der Waals surface area contributed by atoms with Gasteiger partial charge in [0, 0.05) is 11.1 Å². The number of ether oxygens (including phenoxy) is 1. The van der Waals surface area contributed by atoms with E-state index < -0.39 is 40.7 Å². The number of methoxy groups -OCH3 is 1. The molecule has 0 fully saturated rings. The average molecular weight is 596 g/mol. The van der Waals surface area contributed by atoms with Crippen LogP contribution in [0.25, 0.3) is 11.0 Å². The van der Waals surface area contributed by atoms with Crippen LogP contribution in [0.1, 0.15) is 58.9 Å². The Kier molecular flexibility index (Phi) is 7.50. The van der Waals surface area contributed by atoms with Gasteiger partial charge in [-0.1, -0.05) is 30.3 Å². The number of phenolic OH excluding ortho intramolecular Hbond substituents is 4. The summed E-state index contributed by atoms with van der Waals surface area (Å²) in [6.07, 6.45) is -0.611. The number of phenols is 4. The van der Waals surface area contributed by atoms with Crippen molar-refractivity contribution in [2.75, 3.05) is 12.4 Å². The standard InChI is InChI=1S/C16H13N3O3.C16H12O6/c1-22-16(21)19-15-17-12-8-7-11(9-13(12)18-15)14(20)10-5-3-2-4-6-10;1-5-3-7(17)9-11(13(5)19)15(21)10-8(18)4-6(2)14(20)12(10)16(9)22/h2-9H,1H3,(H2,17,18,19,21);3-4,17-20H,1-2H3. The molecule has 4 aromatic carbocycles. The van der Waals surface area contributed by atoms with Gasteiger partial charge >= 0.3 is 6.09 Å². The first-order chi connectivity index (χ1) is 20.9. The SMILES string of the molecule is COC(=O)Nc1nc2ccc(C(=O)c3ccccc3)cc2[nH]1.Cc1cc(O)c2c(c1O)C(=O)c1c(O)cc(C)c(O)c1C2=O. The van der Waals surface area contributed by atoms with Crippen LogP contribution in [0.3, 0.4) is 0 Å². The molecule has 12 nitrogen and oxygen atoms in total. The molecule has 0 bridgehead atoms. The van der Waals surface area contributed by atoms with Crippen molar-refractivity contribution in [1.29, 1.82) is 0 Å². The molecule has 0 spiro atoms. The van der Waals surface area contributed by atoms with Crippen molar-refractivity contribution in [3.05, 3.63) is 105 Å². The van der Waals surface area contributed by atoms with E-state index in [1.807, 2.05) is 18.2 Å². The maximum Gasteiger partial charge on any atom is 0.413 e. The van der Waals surface area contributed by atoms with Crippen LogP contribution in [0.15, 0.2) is 60.7 Å². The second kappa shape index (κ2) is 11.2. The number of carbonyl (C=O) groups excluding carboxylic acids is 4. The van der Waals surface area contributed by atoms with E-state index in [0.717, 1.165) is 12.1 Å². The highest BCUT2D eigenvalue weighted by atomic mass is 16.5. The van der Waals surface area contributed by atoms with E-state index >= 15 is 0 Å². The van der Waals surface area contributed by atoms with E-state index in [1.54, 1.807) is 30.3 Å². The number of fused-ring (bicyclic) bond motifs is 3. The molecule has 0 saturated heterocycles. The Morgan fingerprint density at radius 3 is 1.82 bits per heavy atom. The number of hydrogen-bond donors (Lipinski definition) is 6. The van der Waals surface area contributed by atoms with Crippen LogP contribution in [0.5, 0.6) is 23.0 Å². The van der Waals surface area contributed by atoms with Crippen molar-refractivity contribution in [1.82, 2.24) is 9.97 Å². The Hall–Kier alpha value is -6.17. The summed E-state index contributed by atoms with van der Waals surface area (Å²) in [5.41, 5.74) is 1.43. The molecule has 1 aromatic heterocycles. The topological polar surface area (TPSA) is 199 Å². The fourth-order valence-electron chi connectivity index (χ4n) is 4.84. The summed E-state index contributed by atoms with van der Waals surface area (Å²) in [6, 6.07) is 16.5. The zero-order valence-electron chi connectivity index (χ0n) is 23.6. The summed E-state index contributed by atoms with van der Waals surface area (Å²) in [4.78, 5) is 55.8. The molecule has 44 heavy (non-hydrogen) atoms. The van der Waals surface area contributed by atoms with Crippen LogP contribution in [-0.4, -0.2) is 60.9 Å². The van der Waals surface area contributed by atoms with E-state index in [0.29, 0.717) is 22.2 Å². The fourth-order valence-corrected chi connectivity index (χ4v) is 4.84. The molecule has 1 amide bonds. The normalized spacial score (nSPS) is 11.7. The number of benzene rings is 4. The number of rotatable bonds is 3. The lowest BCUT2D eigenvalue weighted by molar-refractivity contribution is 0.0969. The van der Waals surface area contributed by atoms with Gasteiger partial charge in [-0.25, -0.2) is 9.78 Å². The summed E-state index contributed by atoms with van der Waals surface area (Å²) in [6.45, 7) is 2.93. The first kappa shape index (κ1) is 29.3. The van der Waals surface area contributed by atoms with Crippen molar-refractivity contribution in [3.8, 4) is 23.0 Å². The molecule has 1 heterocycles. The highest BCUT2D eigenvalue weighted by molar-refractivity contribution is 6.32. The van der Waals surface area contributed by atoms with Gasteiger partial charge in [-0.3, -0.25) is 19.7 Å². The summed E-state index contributed by atoms with van der Waals surface area (Å²) in [5, 5.41) is 42.5. The van der Waals surface area contributed by atoms with Crippen molar-refractivity contribution in [2.24, 2.45) is 0 Å². The van der Waals surface area contributed by atoms with E-state index in [2.05, 4.69) is 20.0 Å². The number of aromatic hydroxyl groups is 4. The number of ketones is 3. The van der Waals surface area contributed by atoms with Crippen molar-refractivity contribution in [3.63, 3.8) is 0 Å². The van der Waals surface area contributed by atoms with Crippen LogP contribution < -0.4 is 5.32 Å². The van der Waals surface area contributed by atoms with E-state index in [1.165, 1.54) is 21.0 Å². The molecule has 1 aliphatic rings. The number of carbonyl (C=O) groups is 4. The molecule has 0 saturated carbocycles. The Labute approximate surface area is 249 Å². The lowest BCUT2D eigenvalue weighted by Gasteiger charge is -2.22. The first-order valence-corrected chi connectivity index (χ1v) is 13.1. The lowest BCUT2D eigenvalue weighted by atomic mass is 9.80. The Morgan fingerprint density at radius 1 is 0.750 bits per heavy atom. The van der Waals surface area contributed by atoms with Gasteiger partial charge in [-0.2, -0.15) is 0 Å². The second-order valence-corrected chi connectivity index (χ2v) is 9.91. The number of aromatic nitrogens is 2. The summed E-state index contributed by atoms with van der Waals surface area (Å²) >= 11 is 0. The Balaban J connectivity index is 0.000000175. The quantitative estimate of drug-likeness (QED) is 0.121. The highest BCUT2D eigenvalue weighted by Gasteiger charge is 2.39. The van der Waals surface area contributed by atoms with Gasteiger partial charge in [0.05, 0.1) is 40.4 Å². The van der Waals surface area contributed by atoms with Crippen LogP contribution in [0.2, 0.25) is 0 Å². The van der Waals surface area contributed by atoms with Gasteiger partial charge in [0.25, 0.3) is 0 Å². The molecule has 0 radical (unpaired) electrons. The van der Waals surface area contributed by atoms with Crippen molar-refractivity contribution < 1.29 is 44.3 Å². The summed E-state index contributed by atoms with van der Waals surface area (Å²) in [7, 11) is 1.27. The van der Waals surface area contributed by atoms with Crippen LogP contribution in [-0.2, 0) is 4.74 Å². The summed E-state index contributed by atoms with van der Waals surface area (Å²) in [5.74, 6) is -3.24. The lowest BCUT2D eigenvalue weighted by Crippen LogP contribution is -2.22. The molecule has 12 heteroatoms. The number of H-pyrrole nitrogens is 1. The molecule has 1 aliphatic carbocycles. The van der Waals surface area contributed by atoms with Gasteiger partial charge in [-0.05, 0) is 55.3 Å². The number of anilines is 1. The maximum absolute atomic E-state index is 12.6. The molecular formula is C32H25N3O9. The third kappa shape index (κ3) is 5.04. The molecule has 0 aliphatic heterocycles. The molecule has 5 aromatic rings. The van der Waals surface area contributed by atoms with Crippen LogP contribution in [0, 0.1) is 13.8 Å². The zero-order valence-corrected chi connectivity index (χ0v) is 23.6. The minimum Gasteiger partial charge on any atom is -0.507 e. The van der Waals surface area contributed by atoms with Crippen LogP contribution >= 0.6 is 0 Å². The van der Waals surface area contributed by atoms with Gasteiger partial charge in [0.15, 0.2) is 5.78 Å². The van der Waals surface area contributed by atoms with Gasteiger partial charge in [-0.15, -0.1) is 0 Å². The number of amides is 1. The molecule has 222 valence electrons. The van der Waals surface area contributed by atoms with Crippen LogP contribution in [0.4, 0.5) is 10.7 Å². The van der Waals surface area contributed by atoms with E-state index in [4.69, 9.17) is 0 Å². The number of nitrogens with one attached hydrogen (secondary N) is 2. The number of aromatic amines is 1. The van der Waals surface area contributed by atoms with Gasteiger partial charge in [0.1, 0.15) is 23.0 Å². The number of imidazole rings is 1. The zero-order chi connectivity index (χ0) is 31.9. The molecule has 0 atom stereocenters. The largest absolute Gasteiger partial charge is 0.507 e. The minimum absolute atomic E-state index is 0.0698. The minimum atomic E-state index is -0.825. The van der Waals surface area contributed by atoms with Gasteiger partial charge in [0.2, 0.25) is 17.5 Å². The summed E-state index contributed by atoms with van der Waals surface area (Å²) < 4.78 is 4.51. The fraction of sp³-hybridized carbons (Fsp3) is 0.0938. The number of aryl methyl sites for hydroxylation is 2. The first-order valence-electron chi connectivity index (χ1n) is 13.1. The van der Waals surface area contributed by atoms with Crippen molar-refractivity contribution >= 4 is 40.4 Å². The predicted molar refractivity (Wildman–Crippen MR) is 158 cm³/mol. The monoisotopic (exact) mass is 595 g/mol. The number of nitrogens with zero attached hydrogens (tertiary/aromatic N) is 1. The second-order valence-electron chi connectivity index (χ2n) is 9.91. The smallest absolute Gasteiger partial charge is 0.413 e.